The number of anilines is 1. The number of H-pyrrole nitrogens is 1. The van der Waals surface area contributed by atoms with Crippen molar-refractivity contribution in [1.82, 2.24) is 15.2 Å². The maximum atomic E-state index is 9.88. The van der Waals surface area contributed by atoms with Gasteiger partial charge in [-0.15, -0.1) is 0 Å². The van der Waals surface area contributed by atoms with Gasteiger partial charge in [0.1, 0.15) is 11.8 Å². The van der Waals surface area contributed by atoms with Gasteiger partial charge in [-0.25, -0.2) is 4.98 Å². The quantitative estimate of drug-likeness (QED) is 0.487. The highest BCUT2D eigenvalue weighted by molar-refractivity contribution is 5.96. The number of phenols is 1. The fourth-order valence-electron chi connectivity index (χ4n) is 4.40. The van der Waals surface area contributed by atoms with E-state index in [1.807, 2.05) is 6.92 Å². The van der Waals surface area contributed by atoms with Crippen molar-refractivity contribution in [1.29, 1.82) is 5.26 Å². The Morgan fingerprint density at radius 1 is 0.968 bits per heavy atom. The lowest BCUT2D eigenvalue weighted by molar-refractivity contribution is 0.475. The van der Waals surface area contributed by atoms with Gasteiger partial charge in [-0.1, -0.05) is 12.1 Å². The van der Waals surface area contributed by atoms with E-state index in [4.69, 9.17) is 0 Å². The molecule has 1 fully saturated rings. The summed E-state index contributed by atoms with van der Waals surface area (Å²) in [6.45, 7) is 4.16. The molecule has 4 aromatic rings. The average molecular weight is 409 g/mol. The molecule has 2 N–H and O–H groups in total. The lowest BCUT2D eigenvalue weighted by atomic mass is 9.97. The third-order valence-electron chi connectivity index (χ3n) is 6.08. The normalized spacial score (nSPS) is 14.0. The molecule has 0 aliphatic carbocycles. The second-order valence-electron chi connectivity index (χ2n) is 8.01. The Labute approximate surface area is 180 Å². The predicted molar refractivity (Wildman–Crippen MR) is 122 cm³/mol. The van der Waals surface area contributed by atoms with Crippen LogP contribution in [-0.4, -0.2) is 33.4 Å². The first kappa shape index (κ1) is 19.1. The van der Waals surface area contributed by atoms with Crippen LogP contribution < -0.4 is 4.90 Å². The first-order valence-corrected chi connectivity index (χ1v) is 10.6. The van der Waals surface area contributed by atoms with Crippen LogP contribution in [0, 0.1) is 18.3 Å². The third-order valence-corrected chi connectivity index (χ3v) is 6.08. The molecular weight excluding hydrogens is 386 g/mol. The number of rotatable bonds is 3. The SMILES string of the molecule is Cc1c(C#N)c(-c2ccc(O)cc2)nc2n[nH]c(-c3ccc(N4CCCCC4)cc3)c12. The minimum absolute atomic E-state index is 0.176. The van der Waals surface area contributed by atoms with Crippen molar-refractivity contribution in [2.24, 2.45) is 0 Å². The molecule has 0 amide bonds. The highest BCUT2D eigenvalue weighted by atomic mass is 16.3. The summed E-state index contributed by atoms with van der Waals surface area (Å²) in [5, 5.41) is 27.9. The molecule has 3 heterocycles. The van der Waals surface area contributed by atoms with Gasteiger partial charge in [-0.3, -0.25) is 5.10 Å². The average Bonchev–Trinajstić information content (AvgIpc) is 3.25. The van der Waals surface area contributed by atoms with Crippen LogP contribution in [0.25, 0.3) is 33.5 Å². The van der Waals surface area contributed by atoms with Crippen LogP contribution in [0.1, 0.15) is 30.4 Å². The molecule has 0 radical (unpaired) electrons. The maximum absolute atomic E-state index is 9.88. The van der Waals surface area contributed by atoms with Crippen molar-refractivity contribution in [2.45, 2.75) is 26.2 Å². The highest BCUT2D eigenvalue weighted by Gasteiger charge is 2.19. The molecule has 2 aromatic carbocycles. The van der Waals surface area contributed by atoms with E-state index in [0.717, 1.165) is 40.9 Å². The number of aromatic nitrogens is 3. The molecule has 6 heteroatoms. The second-order valence-corrected chi connectivity index (χ2v) is 8.01. The van der Waals surface area contributed by atoms with Crippen LogP contribution in [0.2, 0.25) is 0 Å². The largest absolute Gasteiger partial charge is 0.508 e. The molecule has 154 valence electrons. The molecule has 0 spiro atoms. The van der Waals surface area contributed by atoms with Crippen molar-refractivity contribution >= 4 is 16.7 Å². The van der Waals surface area contributed by atoms with E-state index in [1.165, 1.54) is 24.9 Å². The van der Waals surface area contributed by atoms with Crippen LogP contribution in [0.4, 0.5) is 5.69 Å². The Hall–Kier alpha value is -3.85. The van der Waals surface area contributed by atoms with E-state index in [-0.39, 0.29) is 5.75 Å². The molecule has 0 saturated carbocycles. The van der Waals surface area contributed by atoms with Crippen LogP contribution in [-0.2, 0) is 0 Å². The summed E-state index contributed by atoms with van der Waals surface area (Å²) in [5.74, 6) is 0.176. The summed E-state index contributed by atoms with van der Waals surface area (Å²) in [6.07, 6.45) is 3.81. The Bertz CT molecular complexity index is 1280. The molecule has 0 bridgehead atoms. The van der Waals surface area contributed by atoms with Crippen molar-refractivity contribution in [3.05, 3.63) is 59.7 Å². The number of fused-ring (bicyclic) bond motifs is 1. The van der Waals surface area contributed by atoms with Crippen molar-refractivity contribution in [3.8, 4) is 34.3 Å². The van der Waals surface area contributed by atoms with Gasteiger partial charge in [0, 0.05) is 29.9 Å². The summed E-state index contributed by atoms with van der Waals surface area (Å²) < 4.78 is 0. The number of piperidine rings is 1. The zero-order valence-electron chi connectivity index (χ0n) is 17.4. The van der Waals surface area contributed by atoms with Crippen LogP contribution in [0.15, 0.2) is 48.5 Å². The Morgan fingerprint density at radius 3 is 2.32 bits per heavy atom. The molecule has 31 heavy (non-hydrogen) atoms. The van der Waals surface area contributed by atoms with Crippen LogP contribution >= 0.6 is 0 Å². The van der Waals surface area contributed by atoms with Gasteiger partial charge in [0.15, 0.2) is 5.65 Å². The number of nitriles is 1. The number of pyridine rings is 1. The topological polar surface area (TPSA) is 88.8 Å². The number of aromatic amines is 1. The summed E-state index contributed by atoms with van der Waals surface area (Å²) >= 11 is 0. The summed E-state index contributed by atoms with van der Waals surface area (Å²) in [5.41, 5.74) is 6.43. The van der Waals surface area contributed by atoms with E-state index >= 15 is 0 Å². The number of aryl methyl sites for hydroxylation is 1. The summed E-state index contributed by atoms with van der Waals surface area (Å²) in [4.78, 5) is 7.12. The number of aromatic hydroxyl groups is 1. The number of hydrogen-bond donors (Lipinski definition) is 2. The fraction of sp³-hybridized carbons (Fsp3) is 0.240. The third kappa shape index (κ3) is 3.38. The molecule has 0 atom stereocenters. The lowest BCUT2D eigenvalue weighted by Gasteiger charge is -2.28. The van der Waals surface area contributed by atoms with E-state index < -0.39 is 0 Å². The highest BCUT2D eigenvalue weighted by Crippen LogP contribution is 2.35. The summed E-state index contributed by atoms with van der Waals surface area (Å²) in [7, 11) is 0. The molecule has 5 rings (SSSR count). The minimum atomic E-state index is 0.176. The van der Waals surface area contributed by atoms with Crippen LogP contribution in [0.5, 0.6) is 5.75 Å². The van der Waals surface area contributed by atoms with E-state index in [9.17, 15) is 10.4 Å². The first-order chi connectivity index (χ1) is 15.2. The smallest absolute Gasteiger partial charge is 0.182 e. The van der Waals surface area contributed by atoms with Gasteiger partial charge in [-0.05, 0) is 68.1 Å². The van der Waals surface area contributed by atoms with Gasteiger partial charge >= 0.3 is 0 Å². The Balaban J connectivity index is 1.58. The zero-order valence-corrected chi connectivity index (χ0v) is 17.4. The van der Waals surface area contributed by atoms with E-state index in [2.05, 4.69) is 50.4 Å². The van der Waals surface area contributed by atoms with E-state index in [1.54, 1.807) is 24.3 Å². The fourth-order valence-corrected chi connectivity index (χ4v) is 4.40. The molecule has 0 unspecified atom stereocenters. The summed E-state index contributed by atoms with van der Waals surface area (Å²) in [6, 6.07) is 17.6. The predicted octanol–water partition coefficient (Wildman–Crippen LogP) is 5.17. The first-order valence-electron chi connectivity index (χ1n) is 10.6. The van der Waals surface area contributed by atoms with Gasteiger partial charge in [0.25, 0.3) is 0 Å². The zero-order chi connectivity index (χ0) is 21.4. The van der Waals surface area contributed by atoms with Gasteiger partial charge < -0.3 is 10.0 Å². The second kappa shape index (κ2) is 7.77. The molecule has 6 nitrogen and oxygen atoms in total. The monoisotopic (exact) mass is 409 g/mol. The van der Waals surface area contributed by atoms with Gasteiger partial charge in [0.05, 0.1) is 22.3 Å². The number of benzene rings is 2. The molecule has 1 aliphatic rings. The van der Waals surface area contributed by atoms with Crippen LogP contribution in [0.3, 0.4) is 0 Å². The molecule has 1 aliphatic heterocycles. The Morgan fingerprint density at radius 2 is 1.65 bits per heavy atom. The molecule has 2 aromatic heterocycles. The number of nitrogens with zero attached hydrogens (tertiary/aromatic N) is 4. The van der Waals surface area contributed by atoms with Crippen molar-refractivity contribution in [3.63, 3.8) is 0 Å². The number of phenolic OH excluding ortho intramolecular Hbond substituents is 1. The van der Waals surface area contributed by atoms with Gasteiger partial charge in [-0.2, -0.15) is 10.4 Å². The van der Waals surface area contributed by atoms with Crippen molar-refractivity contribution < 1.29 is 5.11 Å². The number of nitrogens with one attached hydrogen (secondary N) is 1. The molecular formula is C25H23N5O. The Kier molecular flexibility index (Phi) is 4.79. The van der Waals surface area contributed by atoms with Crippen molar-refractivity contribution in [2.75, 3.05) is 18.0 Å². The standard InChI is InChI=1S/C25H23N5O/c1-16-21(15-26)23(17-7-11-20(31)12-8-17)27-25-22(16)24(28-29-25)18-5-9-19(10-6-18)30-13-3-2-4-14-30/h5-12,31H,2-4,13-14H2,1H3,(H,27,28,29). The number of hydrogen-bond acceptors (Lipinski definition) is 5. The minimum Gasteiger partial charge on any atom is -0.508 e. The molecule has 1 saturated heterocycles. The lowest BCUT2D eigenvalue weighted by Crippen LogP contribution is -2.29. The van der Waals surface area contributed by atoms with Gasteiger partial charge in [0.2, 0.25) is 0 Å². The van der Waals surface area contributed by atoms with E-state index in [0.29, 0.717) is 16.9 Å². The maximum Gasteiger partial charge on any atom is 0.182 e.